The molecule has 18 heavy (non-hydrogen) atoms. The van der Waals surface area contributed by atoms with Gasteiger partial charge in [0, 0.05) is 24.6 Å². The van der Waals surface area contributed by atoms with Gasteiger partial charge < -0.3 is 11.1 Å². The molecule has 0 aliphatic heterocycles. The Hall–Kier alpha value is -1.92. The molecule has 0 aromatic heterocycles. The van der Waals surface area contributed by atoms with Gasteiger partial charge >= 0.3 is 0 Å². The van der Waals surface area contributed by atoms with E-state index >= 15 is 0 Å². The normalized spacial score (nSPS) is 11.7. The Morgan fingerprint density at radius 3 is 2.44 bits per heavy atom. The predicted octanol–water partition coefficient (Wildman–Crippen LogP) is 0.615. The number of hydrogen-bond acceptors (Lipinski definition) is 4. The van der Waals surface area contributed by atoms with Crippen LogP contribution in [0.2, 0.25) is 0 Å². The van der Waals surface area contributed by atoms with Crippen LogP contribution < -0.4 is 16.5 Å². The summed E-state index contributed by atoms with van der Waals surface area (Å²) in [4.78, 5) is 22.6. The van der Waals surface area contributed by atoms with Crippen LogP contribution in [0.1, 0.15) is 18.9 Å². The summed E-state index contributed by atoms with van der Waals surface area (Å²) in [6, 6.07) is 7.13. The van der Waals surface area contributed by atoms with Crippen LogP contribution in [0.25, 0.3) is 0 Å². The van der Waals surface area contributed by atoms with Crippen molar-refractivity contribution in [2.45, 2.75) is 19.9 Å². The van der Waals surface area contributed by atoms with Crippen molar-refractivity contribution in [3.05, 3.63) is 29.8 Å². The monoisotopic (exact) mass is 251 g/mol. The van der Waals surface area contributed by atoms with Gasteiger partial charge in [-0.15, -0.1) is 0 Å². The Bertz CT molecular complexity index is 417. The van der Waals surface area contributed by atoms with E-state index in [-0.39, 0.29) is 12.3 Å². The maximum Gasteiger partial charge on any atom is 0.246 e. The average Bonchev–Trinajstić information content (AvgIpc) is 2.38. The molecule has 2 amide bonds. The van der Waals surface area contributed by atoms with Gasteiger partial charge in [0.1, 0.15) is 0 Å². The molecule has 1 atom stereocenters. The van der Waals surface area contributed by atoms with Crippen LogP contribution in [-0.2, 0) is 16.1 Å². The molecule has 0 aliphatic rings. The third-order valence-corrected chi connectivity index (χ3v) is 2.52. The predicted molar refractivity (Wildman–Crippen MR) is 66.7 cm³/mol. The molecular formula is C12H17N3O3. The summed E-state index contributed by atoms with van der Waals surface area (Å²) in [7, 11) is 0. The third-order valence-electron chi connectivity index (χ3n) is 2.52. The SMILES string of the molecule is CC(CC(=O)Nc1ccc(CN)cc1)C(=O)NO. The molecule has 0 saturated carbocycles. The summed E-state index contributed by atoms with van der Waals surface area (Å²) in [5.41, 5.74) is 8.60. The first-order valence-corrected chi connectivity index (χ1v) is 5.59. The van der Waals surface area contributed by atoms with E-state index in [1.165, 1.54) is 5.48 Å². The fraction of sp³-hybridized carbons (Fsp3) is 0.333. The molecule has 0 bridgehead atoms. The number of hydroxylamine groups is 1. The minimum Gasteiger partial charge on any atom is -0.326 e. The molecule has 1 rings (SSSR count). The molecule has 0 radical (unpaired) electrons. The molecule has 0 aliphatic carbocycles. The number of amides is 2. The summed E-state index contributed by atoms with van der Waals surface area (Å²) in [5.74, 6) is -1.45. The molecule has 1 aromatic rings. The van der Waals surface area contributed by atoms with Crippen molar-refractivity contribution in [3.8, 4) is 0 Å². The molecule has 0 saturated heterocycles. The van der Waals surface area contributed by atoms with Gasteiger partial charge in [-0.05, 0) is 17.7 Å². The number of rotatable bonds is 5. The Kier molecular flexibility index (Phi) is 5.29. The standard InChI is InChI=1S/C12H17N3O3/c1-8(12(17)15-18)6-11(16)14-10-4-2-9(7-13)3-5-10/h2-5,8,18H,6-7,13H2,1H3,(H,14,16)(H,15,17). The average molecular weight is 251 g/mol. The lowest BCUT2D eigenvalue weighted by atomic mass is 10.1. The number of carbonyl (C=O) groups excluding carboxylic acids is 2. The van der Waals surface area contributed by atoms with Gasteiger partial charge in [0.15, 0.2) is 0 Å². The second-order valence-corrected chi connectivity index (χ2v) is 4.03. The first-order chi connectivity index (χ1) is 8.56. The minimum absolute atomic E-state index is 0.00499. The molecule has 6 heteroatoms. The van der Waals surface area contributed by atoms with E-state index in [1.54, 1.807) is 19.1 Å². The number of nitrogens with one attached hydrogen (secondary N) is 2. The van der Waals surface area contributed by atoms with Gasteiger partial charge in [-0.3, -0.25) is 14.8 Å². The highest BCUT2D eigenvalue weighted by Crippen LogP contribution is 2.11. The van der Waals surface area contributed by atoms with Crippen molar-refractivity contribution in [3.63, 3.8) is 0 Å². The fourth-order valence-corrected chi connectivity index (χ4v) is 1.42. The van der Waals surface area contributed by atoms with Crippen LogP contribution in [0.5, 0.6) is 0 Å². The molecule has 1 unspecified atom stereocenters. The van der Waals surface area contributed by atoms with Crippen LogP contribution in [0.15, 0.2) is 24.3 Å². The summed E-state index contributed by atoms with van der Waals surface area (Å²) in [5, 5.41) is 11.1. The largest absolute Gasteiger partial charge is 0.326 e. The zero-order valence-corrected chi connectivity index (χ0v) is 10.1. The maximum atomic E-state index is 11.6. The van der Waals surface area contributed by atoms with Gasteiger partial charge in [-0.1, -0.05) is 19.1 Å². The summed E-state index contributed by atoms with van der Waals surface area (Å²) >= 11 is 0. The molecule has 0 spiro atoms. The van der Waals surface area contributed by atoms with Crippen LogP contribution in [0.4, 0.5) is 5.69 Å². The highest BCUT2D eigenvalue weighted by Gasteiger charge is 2.16. The zero-order chi connectivity index (χ0) is 13.5. The topological polar surface area (TPSA) is 104 Å². The van der Waals surface area contributed by atoms with Crippen molar-refractivity contribution in [1.29, 1.82) is 0 Å². The van der Waals surface area contributed by atoms with E-state index in [1.807, 2.05) is 12.1 Å². The summed E-state index contributed by atoms with van der Waals surface area (Å²) < 4.78 is 0. The molecule has 6 nitrogen and oxygen atoms in total. The van der Waals surface area contributed by atoms with Gasteiger partial charge in [0.2, 0.25) is 11.8 Å². The minimum atomic E-state index is -0.585. The maximum absolute atomic E-state index is 11.6. The second kappa shape index (κ2) is 6.73. The van der Waals surface area contributed by atoms with Crippen molar-refractivity contribution in [1.82, 2.24) is 5.48 Å². The van der Waals surface area contributed by atoms with Crippen LogP contribution in [0.3, 0.4) is 0 Å². The van der Waals surface area contributed by atoms with Gasteiger partial charge in [0.25, 0.3) is 0 Å². The number of anilines is 1. The van der Waals surface area contributed by atoms with E-state index in [0.29, 0.717) is 12.2 Å². The van der Waals surface area contributed by atoms with E-state index in [0.717, 1.165) is 5.56 Å². The first kappa shape index (κ1) is 14.1. The van der Waals surface area contributed by atoms with Gasteiger partial charge in [0.05, 0.1) is 0 Å². The summed E-state index contributed by atoms with van der Waals surface area (Å²) in [6.45, 7) is 2.00. The van der Waals surface area contributed by atoms with E-state index in [2.05, 4.69) is 5.32 Å². The van der Waals surface area contributed by atoms with Gasteiger partial charge in [-0.2, -0.15) is 0 Å². The van der Waals surface area contributed by atoms with E-state index in [4.69, 9.17) is 10.9 Å². The molecule has 98 valence electrons. The Balaban J connectivity index is 2.51. The molecule has 0 heterocycles. The van der Waals surface area contributed by atoms with Crippen molar-refractivity contribution < 1.29 is 14.8 Å². The number of nitrogens with two attached hydrogens (primary N) is 1. The van der Waals surface area contributed by atoms with Crippen molar-refractivity contribution >= 4 is 17.5 Å². The smallest absolute Gasteiger partial charge is 0.246 e. The number of carbonyl (C=O) groups is 2. The Labute approximate surface area is 105 Å². The first-order valence-electron chi connectivity index (χ1n) is 5.59. The fourth-order valence-electron chi connectivity index (χ4n) is 1.42. The van der Waals surface area contributed by atoms with E-state index < -0.39 is 11.8 Å². The van der Waals surface area contributed by atoms with Crippen molar-refractivity contribution in [2.75, 3.05) is 5.32 Å². The lowest BCUT2D eigenvalue weighted by molar-refractivity contribution is -0.135. The number of hydrogen-bond donors (Lipinski definition) is 4. The quantitative estimate of drug-likeness (QED) is 0.454. The Morgan fingerprint density at radius 1 is 1.33 bits per heavy atom. The third kappa shape index (κ3) is 4.15. The lowest BCUT2D eigenvalue weighted by Gasteiger charge is -2.10. The van der Waals surface area contributed by atoms with Gasteiger partial charge in [-0.25, -0.2) is 5.48 Å². The Morgan fingerprint density at radius 2 is 1.94 bits per heavy atom. The summed E-state index contributed by atoms with van der Waals surface area (Å²) in [6.07, 6.45) is 0.00499. The highest BCUT2D eigenvalue weighted by atomic mass is 16.5. The van der Waals surface area contributed by atoms with Crippen molar-refractivity contribution in [2.24, 2.45) is 11.7 Å². The molecular weight excluding hydrogens is 234 g/mol. The molecule has 0 fully saturated rings. The zero-order valence-electron chi connectivity index (χ0n) is 10.1. The molecule has 1 aromatic carbocycles. The number of benzene rings is 1. The lowest BCUT2D eigenvalue weighted by Crippen LogP contribution is -2.29. The highest BCUT2D eigenvalue weighted by molar-refractivity contribution is 5.93. The van der Waals surface area contributed by atoms with Crippen LogP contribution in [-0.4, -0.2) is 17.0 Å². The van der Waals surface area contributed by atoms with Crippen LogP contribution >= 0.6 is 0 Å². The van der Waals surface area contributed by atoms with E-state index in [9.17, 15) is 9.59 Å². The molecule has 5 N–H and O–H groups in total. The van der Waals surface area contributed by atoms with Crippen LogP contribution in [0, 0.1) is 5.92 Å². The second-order valence-electron chi connectivity index (χ2n) is 4.03.